The number of likely N-dealkylation sites (tertiary alicyclic amines) is 1. The van der Waals surface area contributed by atoms with E-state index < -0.39 is 5.60 Å². The molecule has 1 saturated heterocycles. The zero-order valence-electron chi connectivity index (χ0n) is 15.9. The lowest BCUT2D eigenvalue weighted by atomic mass is 9.85. The predicted molar refractivity (Wildman–Crippen MR) is 111 cm³/mol. The third-order valence-corrected chi connectivity index (χ3v) is 5.15. The Balaban J connectivity index is 0.00000261. The van der Waals surface area contributed by atoms with Gasteiger partial charge in [0.2, 0.25) is 0 Å². The number of benzene rings is 2. The number of nitrogens with zero attached hydrogens (tertiary/aromatic N) is 1. The maximum absolute atomic E-state index is 10.9. The zero-order chi connectivity index (χ0) is 18.4. The van der Waals surface area contributed by atoms with Crippen LogP contribution in [0.3, 0.4) is 0 Å². The first-order valence-corrected chi connectivity index (χ1v) is 9.45. The molecule has 0 bridgehead atoms. The molecular formula is C22H30ClNO3. The maximum Gasteiger partial charge on any atom is 0.122 e. The predicted octanol–water partition coefficient (Wildman–Crippen LogP) is 3.96. The molecule has 0 radical (unpaired) electrons. The number of aryl methyl sites for hydroxylation is 1. The molecule has 148 valence electrons. The van der Waals surface area contributed by atoms with Gasteiger partial charge in [0.15, 0.2) is 0 Å². The van der Waals surface area contributed by atoms with Gasteiger partial charge in [0.05, 0.1) is 12.2 Å². The van der Waals surface area contributed by atoms with Crippen LogP contribution in [0.2, 0.25) is 0 Å². The number of piperidine rings is 1. The number of hydrogen-bond donors (Lipinski definition) is 2. The average Bonchev–Trinajstić information content (AvgIpc) is 2.62. The van der Waals surface area contributed by atoms with Gasteiger partial charge in [-0.25, -0.2) is 0 Å². The summed E-state index contributed by atoms with van der Waals surface area (Å²) in [5.74, 6) is 0.933. The van der Waals surface area contributed by atoms with E-state index >= 15 is 0 Å². The molecule has 2 aromatic carbocycles. The first-order valence-electron chi connectivity index (χ1n) is 9.45. The summed E-state index contributed by atoms with van der Waals surface area (Å²) in [6.45, 7) is 5.54. The third kappa shape index (κ3) is 6.73. The molecule has 0 aliphatic carbocycles. The van der Waals surface area contributed by atoms with E-state index in [1.54, 1.807) is 18.2 Å². The van der Waals surface area contributed by atoms with Gasteiger partial charge in [0, 0.05) is 32.1 Å². The van der Waals surface area contributed by atoms with E-state index in [4.69, 9.17) is 4.74 Å². The second kappa shape index (κ2) is 9.98. The number of phenolic OH excluding ortho intramolecular Hbond substituents is 1. The Morgan fingerprint density at radius 3 is 2.44 bits per heavy atom. The van der Waals surface area contributed by atoms with Crippen molar-refractivity contribution < 1.29 is 14.9 Å². The van der Waals surface area contributed by atoms with Crippen molar-refractivity contribution in [2.75, 3.05) is 26.2 Å². The van der Waals surface area contributed by atoms with Crippen LogP contribution >= 0.6 is 12.4 Å². The minimum atomic E-state index is -0.580. The van der Waals surface area contributed by atoms with Crippen LogP contribution in [0.1, 0.15) is 30.4 Å². The van der Waals surface area contributed by atoms with Crippen molar-refractivity contribution in [2.24, 2.45) is 0 Å². The molecule has 5 heteroatoms. The highest BCUT2D eigenvalue weighted by Gasteiger charge is 2.32. The smallest absolute Gasteiger partial charge is 0.122 e. The van der Waals surface area contributed by atoms with E-state index in [9.17, 15) is 10.2 Å². The quantitative estimate of drug-likeness (QED) is 0.701. The van der Waals surface area contributed by atoms with Crippen LogP contribution < -0.4 is 4.74 Å². The third-order valence-electron chi connectivity index (χ3n) is 5.15. The molecule has 0 unspecified atom stereocenters. The van der Waals surface area contributed by atoms with Gasteiger partial charge in [-0.15, -0.1) is 12.4 Å². The summed E-state index contributed by atoms with van der Waals surface area (Å²) >= 11 is 0. The van der Waals surface area contributed by atoms with Gasteiger partial charge in [-0.05, 0) is 43.9 Å². The second-order valence-corrected chi connectivity index (χ2v) is 7.43. The van der Waals surface area contributed by atoms with Gasteiger partial charge in [-0.1, -0.05) is 35.9 Å². The number of rotatable bonds is 7. The lowest BCUT2D eigenvalue weighted by Crippen LogP contribution is -2.46. The Bertz CT molecular complexity index is 697. The summed E-state index contributed by atoms with van der Waals surface area (Å²) in [6, 6.07) is 15.4. The van der Waals surface area contributed by atoms with Gasteiger partial charge >= 0.3 is 0 Å². The molecule has 3 rings (SSSR count). The summed E-state index contributed by atoms with van der Waals surface area (Å²) < 4.78 is 5.67. The Labute approximate surface area is 168 Å². The van der Waals surface area contributed by atoms with Crippen molar-refractivity contribution in [3.63, 3.8) is 0 Å². The zero-order valence-corrected chi connectivity index (χ0v) is 16.8. The number of aromatic hydroxyl groups is 1. The minimum Gasteiger partial charge on any atom is -0.508 e. The van der Waals surface area contributed by atoms with Gasteiger partial charge < -0.3 is 19.8 Å². The number of ether oxygens (including phenoxy) is 1. The lowest BCUT2D eigenvalue weighted by molar-refractivity contribution is -0.0212. The fourth-order valence-corrected chi connectivity index (χ4v) is 3.51. The highest BCUT2D eigenvalue weighted by Crippen LogP contribution is 2.26. The number of aliphatic hydroxyl groups is 1. The highest BCUT2D eigenvalue weighted by atomic mass is 35.5. The SMILES string of the molecule is Cc1ccc(CC2(O)CCN(CCCOc3cccc(O)c3)CC2)cc1.Cl. The van der Waals surface area contributed by atoms with Crippen molar-refractivity contribution in [1.82, 2.24) is 4.90 Å². The van der Waals surface area contributed by atoms with Crippen LogP contribution in [0, 0.1) is 6.92 Å². The van der Waals surface area contributed by atoms with Crippen molar-refractivity contribution in [1.29, 1.82) is 0 Å². The molecule has 1 aliphatic rings. The van der Waals surface area contributed by atoms with Crippen molar-refractivity contribution in [2.45, 2.75) is 38.2 Å². The van der Waals surface area contributed by atoms with E-state index in [-0.39, 0.29) is 18.2 Å². The van der Waals surface area contributed by atoms with E-state index in [2.05, 4.69) is 36.1 Å². The van der Waals surface area contributed by atoms with Gasteiger partial charge in [0.25, 0.3) is 0 Å². The van der Waals surface area contributed by atoms with Crippen LogP contribution in [0.25, 0.3) is 0 Å². The topological polar surface area (TPSA) is 52.9 Å². The summed E-state index contributed by atoms with van der Waals surface area (Å²) in [5, 5.41) is 20.3. The van der Waals surface area contributed by atoms with E-state index in [0.29, 0.717) is 12.4 Å². The normalized spacial score (nSPS) is 16.5. The minimum absolute atomic E-state index is 0. The van der Waals surface area contributed by atoms with Crippen LogP contribution in [0.5, 0.6) is 11.5 Å². The molecule has 0 aromatic heterocycles. The molecule has 0 spiro atoms. The molecule has 0 amide bonds. The van der Waals surface area contributed by atoms with Gasteiger partial charge in [-0.3, -0.25) is 0 Å². The number of phenols is 1. The fraction of sp³-hybridized carbons (Fsp3) is 0.455. The van der Waals surface area contributed by atoms with Crippen molar-refractivity contribution >= 4 is 12.4 Å². The molecule has 1 aliphatic heterocycles. The number of halogens is 1. The Hall–Kier alpha value is -1.75. The molecule has 1 heterocycles. The molecule has 2 N–H and O–H groups in total. The van der Waals surface area contributed by atoms with Crippen LogP contribution in [0.15, 0.2) is 48.5 Å². The standard InChI is InChI=1S/C22H29NO3.ClH/c1-18-6-8-19(9-7-18)17-22(25)10-13-23(14-11-22)12-3-15-26-21-5-2-4-20(24)16-21;/h2,4-9,16,24-25H,3,10-15,17H2,1H3;1H. The molecular weight excluding hydrogens is 362 g/mol. The summed E-state index contributed by atoms with van der Waals surface area (Å²) in [4.78, 5) is 2.40. The molecule has 0 atom stereocenters. The second-order valence-electron chi connectivity index (χ2n) is 7.43. The summed E-state index contributed by atoms with van der Waals surface area (Å²) in [6.07, 6.45) is 3.30. The lowest BCUT2D eigenvalue weighted by Gasteiger charge is -2.38. The first-order chi connectivity index (χ1) is 12.5. The largest absolute Gasteiger partial charge is 0.508 e. The Morgan fingerprint density at radius 1 is 1.07 bits per heavy atom. The van der Waals surface area contributed by atoms with Crippen LogP contribution in [-0.2, 0) is 6.42 Å². The molecule has 4 nitrogen and oxygen atoms in total. The average molecular weight is 392 g/mol. The maximum atomic E-state index is 10.9. The Morgan fingerprint density at radius 2 is 1.78 bits per heavy atom. The molecule has 2 aromatic rings. The molecule has 27 heavy (non-hydrogen) atoms. The van der Waals surface area contributed by atoms with Crippen molar-refractivity contribution in [3.8, 4) is 11.5 Å². The van der Waals surface area contributed by atoms with Gasteiger partial charge in [0.1, 0.15) is 11.5 Å². The Kier molecular flexibility index (Phi) is 7.96. The molecule has 0 saturated carbocycles. The number of hydrogen-bond acceptors (Lipinski definition) is 4. The van der Waals surface area contributed by atoms with E-state index in [0.717, 1.165) is 45.3 Å². The monoisotopic (exact) mass is 391 g/mol. The van der Waals surface area contributed by atoms with Crippen LogP contribution in [-0.4, -0.2) is 47.0 Å². The summed E-state index contributed by atoms with van der Waals surface area (Å²) in [7, 11) is 0. The van der Waals surface area contributed by atoms with Crippen molar-refractivity contribution in [3.05, 3.63) is 59.7 Å². The van der Waals surface area contributed by atoms with Gasteiger partial charge in [-0.2, -0.15) is 0 Å². The fourth-order valence-electron chi connectivity index (χ4n) is 3.51. The summed E-state index contributed by atoms with van der Waals surface area (Å²) in [5.41, 5.74) is 1.89. The van der Waals surface area contributed by atoms with Crippen LogP contribution in [0.4, 0.5) is 0 Å². The van der Waals surface area contributed by atoms with E-state index in [1.165, 1.54) is 11.1 Å². The van der Waals surface area contributed by atoms with E-state index in [1.807, 2.05) is 6.07 Å². The first kappa shape index (κ1) is 21.5. The highest BCUT2D eigenvalue weighted by molar-refractivity contribution is 5.85. The molecule has 1 fully saturated rings.